The highest BCUT2D eigenvalue weighted by atomic mass is 35.5. The third-order valence-corrected chi connectivity index (χ3v) is 6.38. The number of thioether (sulfide) groups is 1. The maximum atomic E-state index is 12.8. The summed E-state index contributed by atoms with van der Waals surface area (Å²) < 4.78 is 0. The molecule has 3 aromatic carbocycles. The van der Waals surface area contributed by atoms with E-state index in [0.717, 1.165) is 10.5 Å². The number of hydrogen-bond donors (Lipinski definition) is 3. The Kier molecular flexibility index (Phi) is 8.52. The van der Waals surface area contributed by atoms with Gasteiger partial charge in [-0.05, 0) is 66.6 Å². The molecule has 0 spiro atoms. The summed E-state index contributed by atoms with van der Waals surface area (Å²) in [5, 5.41) is 6.06. The molecule has 0 aliphatic heterocycles. The number of benzene rings is 3. The summed E-state index contributed by atoms with van der Waals surface area (Å²) in [5.41, 5.74) is 7.75. The summed E-state index contributed by atoms with van der Waals surface area (Å²) in [6.07, 6.45) is 0.853. The minimum absolute atomic E-state index is 0.135. The Morgan fingerprint density at radius 1 is 0.939 bits per heavy atom. The molecule has 6 nitrogen and oxygen atoms in total. The molecule has 4 N–H and O–H groups in total. The van der Waals surface area contributed by atoms with Gasteiger partial charge in [0.05, 0.1) is 11.7 Å². The Balaban J connectivity index is 1.59. The van der Waals surface area contributed by atoms with Gasteiger partial charge in [-0.15, -0.1) is 11.8 Å². The fraction of sp³-hybridized carbons (Fsp3) is 0.160. The molecule has 0 saturated heterocycles. The van der Waals surface area contributed by atoms with Crippen molar-refractivity contribution in [2.75, 3.05) is 10.6 Å². The van der Waals surface area contributed by atoms with E-state index in [1.54, 1.807) is 36.4 Å². The highest BCUT2D eigenvalue weighted by Crippen LogP contribution is 2.28. The largest absolute Gasteiger partial charge is 0.366 e. The monoisotopic (exact) mass is 481 g/mol. The third-order valence-electron chi connectivity index (χ3n) is 4.77. The third kappa shape index (κ3) is 7.37. The zero-order valence-electron chi connectivity index (χ0n) is 18.0. The molecule has 8 heteroatoms. The lowest BCUT2D eigenvalue weighted by molar-refractivity contribution is -0.116. The number of carbonyl (C=O) groups is 3. The molecule has 3 aromatic rings. The van der Waals surface area contributed by atoms with Gasteiger partial charge in [-0.25, -0.2) is 0 Å². The molecule has 0 aliphatic carbocycles. The average molecular weight is 482 g/mol. The molecule has 1 atom stereocenters. The lowest BCUT2D eigenvalue weighted by Crippen LogP contribution is -2.24. The summed E-state index contributed by atoms with van der Waals surface area (Å²) >= 11 is 7.30. The molecule has 0 aromatic heterocycles. The standard InChI is InChI=1S/C25H24ClN3O3S/c1-2-22(25(32)29-19-12-8-17(9-13-19)24(27)31)33-21-5-3-4-20(15-21)28-23(30)14-16-6-10-18(26)11-7-16/h3-13,15,22H,2,14H2,1H3,(H2,27,31)(H,28,30)(H,29,32). The number of primary amides is 1. The average Bonchev–Trinajstić information content (AvgIpc) is 2.79. The molecule has 0 radical (unpaired) electrons. The zero-order valence-corrected chi connectivity index (χ0v) is 19.6. The maximum Gasteiger partial charge on any atom is 0.248 e. The number of carbonyl (C=O) groups excluding carboxylic acids is 3. The van der Waals surface area contributed by atoms with Crippen molar-refractivity contribution in [1.82, 2.24) is 0 Å². The lowest BCUT2D eigenvalue weighted by Gasteiger charge is -2.15. The molecule has 0 heterocycles. The zero-order chi connectivity index (χ0) is 23.8. The van der Waals surface area contributed by atoms with Crippen molar-refractivity contribution < 1.29 is 14.4 Å². The molecule has 170 valence electrons. The van der Waals surface area contributed by atoms with Gasteiger partial charge >= 0.3 is 0 Å². The first-order valence-electron chi connectivity index (χ1n) is 10.4. The van der Waals surface area contributed by atoms with Crippen molar-refractivity contribution in [3.63, 3.8) is 0 Å². The fourth-order valence-electron chi connectivity index (χ4n) is 3.07. The minimum Gasteiger partial charge on any atom is -0.366 e. The van der Waals surface area contributed by atoms with Crippen LogP contribution in [-0.4, -0.2) is 23.0 Å². The van der Waals surface area contributed by atoms with Crippen molar-refractivity contribution >= 4 is 52.5 Å². The Hall–Kier alpha value is -3.29. The number of hydrogen-bond acceptors (Lipinski definition) is 4. The first-order chi connectivity index (χ1) is 15.8. The van der Waals surface area contributed by atoms with Crippen LogP contribution in [0, 0.1) is 0 Å². The SMILES string of the molecule is CCC(Sc1cccc(NC(=O)Cc2ccc(Cl)cc2)c1)C(=O)Nc1ccc(C(N)=O)cc1. The van der Waals surface area contributed by atoms with E-state index in [9.17, 15) is 14.4 Å². The van der Waals surface area contributed by atoms with Crippen molar-refractivity contribution in [3.8, 4) is 0 Å². The minimum atomic E-state index is -0.519. The van der Waals surface area contributed by atoms with Gasteiger partial charge in [-0.3, -0.25) is 14.4 Å². The van der Waals surface area contributed by atoms with Crippen LogP contribution in [0.3, 0.4) is 0 Å². The van der Waals surface area contributed by atoms with Gasteiger partial charge in [0, 0.05) is 26.9 Å². The van der Waals surface area contributed by atoms with Crippen LogP contribution in [0.4, 0.5) is 11.4 Å². The predicted octanol–water partition coefficient (Wildman–Crippen LogP) is 5.13. The number of nitrogens with two attached hydrogens (primary N) is 1. The second-order valence-corrected chi connectivity index (χ2v) is 9.04. The van der Waals surface area contributed by atoms with E-state index in [4.69, 9.17) is 17.3 Å². The van der Waals surface area contributed by atoms with Crippen LogP contribution in [0.5, 0.6) is 0 Å². The van der Waals surface area contributed by atoms with E-state index in [-0.39, 0.29) is 23.5 Å². The predicted molar refractivity (Wildman–Crippen MR) is 134 cm³/mol. The van der Waals surface area contributed by atoms with Crippen LogP contribution in [0.1, 0.15) is 29.3 Å². The Labute approximate surface area is 201 Å². The van der Waals surface area contributed by atoms with Gasteiger partial charge in [0.15, 0.2) is 0 Å². The number of halogens is 1. The molecule has 0 fully saturated rings. The fourth-order valence-corrected chi connectivity index (χ4v) is 4.21. The van der Waals surface area contributed by atoms with Gasteiger partial charge in [0.2, 0.25) is 17.7 Å². The second kappa shape index (κ2) is 11.5. The molecule has 0 bridgehead atoms. The van der Waals surface area contributed by atoms with Gasteiger partial charge < -0.3 is 16.4 Å². The maximum absolute atomic E-state index is 12.8. The number of nitrogens with one attached hydrogen (secondary N) is 2. The highest BCUT2D eigenvalue weighted by molar-refractivity contribution is 8.00. The van der Waals surface area contributed by atoms with Crippen LogP contribution < -0.4 is 16.4 Å². The Morgan fingerprint density at radius 3 is 2.27 bits per heavy atom. The smallest absolute Gasteiger partial charge is 0.248 e. The van der Waals surface area contributed by atoms with Gasteiger partial charge in [0.1, 0.15) is 0 Å². The van der Waals surface area contributed by atoms with E-state index in [1.807, 2.05) is 43.3 Å². The van der Waals surface area contributed by atoms with Crippen molar-refractivity contribution in [2.45, 2.75) is 29.9 Å². The van der Waals surface area contributed by atoms with E-state index in [1.165, 1.54) is 11.8 Å². The van der Waals surface area contributed by atoms with Crippen LogP contribution in [0.2, 0.25) is 5.02 Å². The summed E-state index contributed by atoms with van der Waals surface area (Å²) in [4.78, 5) is 37.2. The van der Waals surface area contributed by atoms with Crippen molar-refractivity contribution in [3.05, 3.63) is 88.9 Å². The Bertz CT molecular complexity index is 1130. The summed E-state index contributed by atoms with van der Waals surface area (Å²) in [6, 6.07) is 21.0. The molecule has 0 saturated carbocycles. The van der Waals surface area contributed by atoms with Crippen molar-refractivity contribution in [2.24, 2.45) is 5.73 Å². The second-order valence-electron chi connectivity index (χ2n) is 7.32. The van der Waals surface area contributed by atoms with E-state index in [2.05, 4.69) is 10.6 Å². The molecule has 3 rings (SSSR count). The summed E-state index contributed by atoms with van der Waals surface area (Å²) in [6.45, 7) is 1.94. The summed E-state index contributed by atoms with van der Waals surface area (Å²) in [7, 11) is 0. The van der Waals surface area contributed by atoms with Gasteiger partial charge in [-0.2, -0.15) is 0 Å². The molecule has 1 unspecified atom stereocenters. The molecular formula is C25H24ClN3O3S. The van der Waals surface area contributed by atoms with Crippen LogP contribution in [0.15, 0.2) is 77.7 Å². The topological polar surface area (TPSA) is 101 Å². The van der Waals surface area contributed by atoms with E-state index < -0.39 is 5.91 Å². The lowest BCUT2D eigenvalue weighted by atomic mass is 10.1. The van der Waals surface area contributed by atoms with E-state index in [0.29, 0.717) is 28.4 Å². The number of rotatable bonds is 9. The molecule has 33 heavy (non-hydrogen) atoms. The van der Waals surface area contributed by atoms with Gasteiger partial charge in [-0.1, -0.05) is 36.7 Å². The normalized spacial score (nSPS) is 11.5. The Morgan fingerprint density at radius 2 is 1.64 bits per heavy atom. The number of anilines is 2. The molecular weight excluding hydrogens is 458 g/mol. The van der Waals surface area contributed by atoms with Crippen molar-refractivity contribution in [1.29, 1.82) is 0 Å². The quantitative estimate of drug-likeness (QED) is 0.369. The van der Waals surface area contributed by atoms with Gasteiger partial charge in [0.25, 0.3) is 0 Å². The number of amides is 3. The van der Waals surface area contributed by atoms with Crippen LogP contribution >= 0.6 is 23.4 Å². The molecule has 3 amide bonds. The van der Waals surface area contributed by atoms with E-state index >= 15 is 0 Å². The molecule has 0 aliphatic rings. The first kappa shape index (κ1) is 24.4. The van der Waals surface area contributed by atoms with Crippen LogP contribution in [0.25, 0.3) is 0 Å². The van der Waals surface area contributed by atoms with Crippen LogP contribution in [-0.2, 0) is 16.0 Å². The highest BCUT2D eigenvalue weighted by Gasteiger charge is 2.18. The summed E-state index contributed by atoms with van der Waals surface area (Å²) in [5.74, 6) is -0.801. The first-order valence-corrected chi connectivity index (χ1v) is 11.6.